The molecule has 1 fully saturated rings. The molecule has 18 aromatic rings. The van der Waals surface area contributed by atoms with Gasteiger partial charge in [0.05, 0.1) is 73.3 Å². The van der Waals surface area contributed by atoms with Crippen molar-refractivity contribution in [3.8, 4) is 17.2 Å². The second-order valence-electron chi connectivity index (χ2n) is 38.9. The van der Waals surface area contributed by atoms with Crippen LogP contribution in [0.1, 0.15) is 70.0 Å². The summed E-state index contributed by atoms with van der Waals surface area (Å²) in [5.41, 5.74) is 24.0. The Bertz CT molecular complexity index is 8290. The molecule has 35 heteroatoms. The number of fused-ring (bicyclic) bond motifs is 9. The highest BCUT2D eigenvalue weighted by Gasteiger charge is 2.28. The van der Waals surface area contributed by atoms with E-state index in [1.165, 1.54) is 76.5 Å². The largest absolute Gasteiger partial charge is 0.472 e. The normalized spacial score (nSPS) is 13.4. The van der Waals surface area contributed by atoms with E-state index in [0.717, 1.165) is 194 Å². The molecule has 3 aliphatic rings. The number of sulfone groups is 1. The number of pyridine rings is 6. The summed E-state index contributed by atoms with van der Waals surface area (Å²) in [6, 6.07) is 81.8. The minimum Gasteiger partial charge on any atom is -0.472 e. The molecule has 0 radical (unpaired) electrons. The molecule has 10 N–H and O–H groups in total. The van der Waals surface area contributed by atoms with Crippen molar-refractivity contribution in [1.29, 1.82) is 5.26 Å². The summed E-state index contributed by atoms with van der Waals surface area (Å²) >= 11 is 1.71. The van der Waals surface area contributed by atoms with Gasteiger partial charge in [0.2, 0.25) is 0 Å². The van der Waals surface area contributed by atoms with Gasteiger partial charge in [0.25, 0.3) is 0 Å². The van der Waals surface area contributed by atoms with Crippen molar-refractivity contribution < 1.29 is 40.8 Å². The van der Waals surface area contributed by atoms with Crippen molar-refractivity contribution in [2.45, 2.75) is 76.5 Å². The number of para-hydroxylation sites is 1. The number of nitriles is 1. The van der Waals surface area contributed by atoms with Gasteiger partial charge in [0.1, 0.15) is 88.3 Å². The van der Waals surface area contributed by atoms with Crippen molar-refractivity contribution in [2.75, 3.05) is 142 Å². The fourth-order valence-electron chi connectivity index (χ4n) is 17.8. The van der Waals surface area contributed by atoms with Crippen molar-refractivity contribution >= 4 is 218 Å². The van der Waals surface area contributed by atoms with E-state index in [1.807, 2.05) is 177 Å². The smallest absolute Gasteiger partial charge is 0.175 e. The van der Waals surface area contributed by atoms with Crippen LogP contribution in [0.3, 0.4) is 0 Å². The van der Waals surface area contributed by atoms with E-state index in [4.69, 9.17) is 29.3 Å². The van der Waals surface area contributed by atoms with Crippen LogP contribution in [0, 0.1) is 18.3 Å². The summed E-state index contributed by atoms with van der Waals surface area (Å²) in [5, 5.41) is 54.3. The molecule has 754 valence electrons. The number of benzene rings is 9. The molecule has 11 heterocycles. The van der Waals surface area contributed by atoms with Crippen LogP contribution < -0.4 is 69.2 Å². The number of anilines is 14. The first-order valence-electron chi connectivity index (χ1n) is 48.4. The Kier molecular flexibility index (Phi) is 32.0. The predicted molar refractivity (Wildman–Crippen MR) is 611 cm³/mol. The van der Waals surface area contributed by atoms with E-state index in [0.29, 0.717) is 41.8 Å². The number of furan rings is 1. The van der Waals surface area contributed by atoms with Crippen molar-refractivity contribution in [3.05, 3.63) is 318 Å². The second-order valence-corrected chi connectivity index (χ2v) is 58.3. The number of aryl methyl sites for hydroxylation is 2. The van der Waals surface area contributed by atoms with Gasteiger partial charge in [-0.25, -0.2) is 43.3 Å². The first kappa shape index (κ1) is 105. The number of thiophene rings is 1. The molecule has 21 rings (SSSR count). The number of hydrazine groups is 1. The average Bonchev–Trinajstić information content (AvgIpc) is 1.65. The number of imidazole rings is 1. The lowest BCUT2D eigenvalue weighted by atomic mass is 9.90. The predicted octanol–water partition coefficient (Wildman–Crippen LogP) is 24.3. The van der Waals surface area contributed by atoms with Gasteiger partial charge in [-0.05, 0) is 316 Å². The van der Waals surface area contributed by atoms with E-state index in [2.05, 4.69) is 135 Å². The number of nitrogens with one attached hydrogen (secondary N) is 9. The van der Waals surface area contributed by atoms with Crippen LogP contribution in [0.4, 0.5) is 80.3 Å². The minimum absolute atomic E-state index is 0.167. The Hall–Kier alpha value is -13.8. The van der Waals surface area contributed by atoms with Crippen LogP contribution in [0.15, 0.2) is 283 Å². The van der Waals surface area contributed by atoms with Crippen LogP contribution in [0.5, 0.6) is 0 Å². The van der Waals surface area contributed by atoms with Crippen molar-refractivity contribution in [1.82, 2.24) is 49.8 Å². The summed E-state index contributed by atoms with van der Waals surface area (Å²) in [6.45, 7) is 23.7. The lowest BCUT2D eigenvalue weighted by molar-refractivity contribution is 0.273. The number of likely N-dealkylation sites (N-methyl/N-ethyl adjacent to an activating group) is 1. The van der Waals surface area contributed by atoms with Crippen LogP contribution in [-0.4, -0.2) is 163 Å². The lowest BCUT2D eigenvalue weighted by Crippen LogP contribution is -2.29. The molecular weight excluding hydrogens is 1970 g/mol. The van der Waals surface area contributed by atoms with E-state index >= 15 is 0 Å². The third-order valence-corrected chi connectivity index (χ3v) is 35.4. The third-order valence-electron chi connectivity index (χ3n) is 25.5. The molecule has 28 nitrogen and oxygen atoms in total. The SMILES string of the molecule is CN1CCc2nc(Nc3ccc(S(C)(=O)=O)cc3)c(C#N)c(NCc3cccc(P(C)(C)=O)c3)c2C1.CP(C)(=O)c1ccc(Nc2cc(-c3ccoc3)c3c(n2)CCCC3)cc1.CP(C)(=O)c1ccc(Nc2cc(NN3CCCC3)c3c(ccc4ccccc43)n2)cc1.CP(C)(=O)c1ccc(Nc2nc3ccccc3c3nc(CO)[nH]c23)cc1.Cc1cc2nc(Nc3ccc(P(C)(C)=O)cc3)cc(Nc3cccnc3)c2s1. The molecule has 2 aliphatic heterocycles. The first-order valence-corrected chi connectivity index (χ1v) is 64.2. The summed E-state index contributed by atoms with van der Waals surface area (Å²) in [4.78, 5) is 39.4. The highest BCUT2D eigenvalue weighted by Crippen LogP contribution is 2.45. The monoisotopic (exact) mass is 2090 g/mol. The summed E-state index contributed by atoms with van der Waals surface area (Å²) in [7, 11) is -12.7. The van der Waals surface area contributed by atoms with Crippen molar-refractivity contribution in [3.63, 3.8) is 0 Å². The molecule has 147 heavy (non-hydrogen) atoms. The van der Waals surface area contributed by atoms with Gasteiger partial charge in [-0.2, -0.15) is 5.26 Å². The van der Waals surface area contributed by atoms with Crippen LogP contribution in [0.2, 0.25) is 0 Å². The number of hydrogen-bond donors (Lipinski definition) is 10. The molecule has 0 atom stereocenters. The molecule has 1 saturated heterocycles. The zero-order chi connectivity index (χ0) is 104. The molecule has 0 unspecified atom stereocenters. The van der Waals surface area contributed by atoms with E-state index in [9.17, 15) is 41.6 Å². The van der Waals surface area contributed by atoms with Crippen LogP contribution in [-0.2, 0) is 71.6 Å². The van der Waals surface area contributed by atoms with Gasteiger partial charge >= 0.3 is 0 Å². The van der Waals surface area contributed by atoms with Gasteiger partial charge in [0.15, 0.2) is 21.5 Å². The average molecular weight is 2100 g/mol. The van der Waals surface area contributed by atoms with Gasteiger partial charge in [-0.1, -0.05) is 66.7 Å². The first-order chi connectivity index (χ1) is 70.3. The zero-order valence-electron chi connectivity index (χ0n) is 84.4. The van der Waals surface area contributed by atoms with Crippen LogP contribution >= 0.6 is 47.0 Å². The minimum atomic E-state index is -3.30. The fraction of sp³-hybridized carbons (Fsp3) is 0.232. The van der Waals surface area contributed by atoms with E-state index in [-0.39, 0.29) is 11.5 Å². The number of aromatic nitrogens is 8. The zero-order valence-corrected chi connectivity index (χ0v) is 90.5. The van der Waals surface area contributed by atoms with Crippen LogP contribution in [0.25, 0.3) is 65.0 Å². The van der Waals surface area contributed by atoms with Crippen molar-refractivity contribution in [2.24, 2.45) is 0 Å². The Balaban J connectivity index is 0.000000126. The molecule has 0 spiro atoms. The molecule has 1 aliphatic carbocycles. The topological polar surface area (TPSA) is 385 Å². The maximum Gasteiger partial charge on any atom is 0.175 e. The van der Waals surface area contributed by atoms with E-state index in [1.54, 1.807) is 115 Å². The van der Waals surface area contributed by atoms with Gasteiger partial charge in [-0.15, -0.1) is 11.3 Å². The maximum absolute atomic E-state index is 12.5. The summed E-state index contributed by atoms with van der Waals surface area (Å²) < 4.78 is 91.4. The van der Waals surface area contributed by atoms with Gasteiger partial charge in [0, 0.05) is 151 Å². The Morgan fingerprint density at radius 3 is 1.63 bits per heavy atom. The van der Waals surface area contributed by atoms with Gasteiger partial charge < -0.3 is 84.9 Å². The fourth-order valence-corrected chi connectivity index (χ4v) is 23.7. The molecule has 0 bridgehead atoms. The molecule has 9 aromatic carbocycles. The summed E-state index contributed by atoms with van der Waals surface area (Å²) in [6.07, 6.45) is 15.9. The highest BCUT2D eigenvalue weighted by molar-refractivity contribution is 7.90. The third kappa shape index (κ3) is 26.3. The lowest BCUT2D eigenvalue weighted by Gasteiger charge is -2.28. The highest BCUT2D eigenvalue weighted by atomic mass is 32.2. The number of aliphatic hydroxyl groups is 1. The summed E-state index contributed by atoms with van der Waals surface area (Å²) in [5.74, 6) is 3.93. The number of aliphatic hydroxyl groups excluding tert-OH is 1. The molecule has 0 saturated carbocycles. The molecular formula is C112H120N19O9P5S2. The number of nitrogens with zero attached hydrogens (tertiary/aromatic N) is 10. The number of H-pyrrole nitrogens is 1. The number of aromatic amines is 1. The Morgan fingerprint density at radius 1 is 0.497 bits per heavy atom. The molecule has 9 aromatic heterocycles. The Labute approximate surface area is 861 Å². The van der Waals surface area contributed by atoms with Gasteiger partial charge in [-0.3, -0.25) is 4.98 Å². The van der Waals surface area contributed by atoms with E-state index < -0.39 is 45.5 Å². The number of hydrogen-bond acceptors (Lipinski definition) is 28. The second kappa shape index (κ2) is 44.9. The molecule has 0 amide bonds. The maximum atomic E-state index is 12.5. The Morgan fingerprint density at radius 2 is 1.05 bits per heavy atom. The standard InChI is InChI=1S/C26H30N5O3PS.C25H27N4OP.C21H21N4OPS.C21H23N2O2P.C19H19N4O2P/c1-31-13-12-24-23(17-31)25(28-16-18-6-5-7-20(14-18)35(2,3)32)22(15-27)26(30-24)29-19-8-10-21(11-9-19)36(4,33)34;1-31(2,30)20-12-10-19(11-13-20)26-24-17-23(28-29-15-5-6-16-29)25-21-8-4-3-7-18(21)9-14-22(25)27-24;1-14-11-18-21(28-14)19(23-16-5-4-10-22-13-16)12-20(25-18)24-15-6-8-17(9-7-15)27(2,3)26;1-26(2,24)17-9-7-16(8-10-17)22-21-13-19(15-11-12-25-14-15)18-5-3-4-6-20(18)23-21;1-26(2,25)13-9-7-12(8-10-13)20-19-18-17(22-16(11-24)23-18)14-5-3-4-6-15(14)21-19/h5-11,14H,12-13,16-17H2,1-4H3,(H2,28,29,30);3-4,7-14,17H,5-6,15-16H2,1-2H3,(H2,26,27,28);4-13H,1-3H3,(H2,23,24,25);7-14H,3-6H2,1-2H3,(H,22,23);3-10,24H,11H2,1-2H3,(H,20,21)(H,22,23). The number of rotatable bonds is 25. The quantitative estimate of drug-likeness (QED) is 0.0188.